The molecule has 0 saturated carbocycles. The molecule has 0 saturated heterocycles. The first-order chi connectivity index (χ1) is 6.69. The third-order valence-corrected chi connectivity index (χ3v) is 1.44. The number of hydrogen-bond acceptors (Lipinski definition) is 4. The minimum atomic E-state index is -1.54. The maximum Gasteiger partial charge on any atom is 0.415 e. The highest BCUT2D eigenvalue weighted by molar-refractivity contribution is 5.88. The molecule has 0 aliphatic rings. The summed E-state index contributed by atoms with van der Waals surface area (Å²) in [6.07, 6.45) is -0.388. The predicted molar refractivity (Wildman–Crippen MR) is 50.9 cm³/mol. The lowest BCUT2D eigenvalue weighted by molar-refractivity contribution is -0.158. The largest absolute Gasteiger partial charge is 0.465 e. The van der Waals surface area contributed by atoms with Crippen molar-refractivity contribution >= 4 is 18.5 Å². The summed E-state index contributed by atoms with van der Waals surface area (Å²) in [5.74, 6) is -0.784. The van der Waals surface area contributed by atoms with Gasteiger partial charge in [0.05, 0.1) is 0 Å². The quantitative estimate of drug-likeness (QED) is 0.556. The molecule has 0 fully saturated rings. The average Bonchev–Trinajstić information content (AvgIpc) is 2.01. The second kappa shape index (κ2) is 4.77. The molecule has 0 bridgehead atoms. The minimum absolute atomic E-state index is 0.230. The number of esters is 1. The molecule has 0 rings (SSSR count). The smallest absolute Gasteiger partial charge is 0.415 e. The van der Waals surface area contributed by atoms with Crippen LogP contribution < -0.4 is 0 Å². The zero-order valence-electron chi connectivity index (χ0n) is 9.10. The van der Waals surface area contributed by atoms with E-state index in [9.17, 15) is 14.4 Å². The van der Waals surface area contributed by atoms with Crippen LogP contribution in [0.2, 0.25) is 0 Å². The van der Waals surface area contributed by atoms with Crippen LogP contribution in [-0.4, -0.2) is 40.1 Å². The highest BCUT2D eigenvalue weighted by Gasteiger charge is 2.30. The minimum Gasteiger partial charge on any atom is -0.465 e. The first-order valence-electron chi connectivity index (χ1n) is 4.32. The van der Waals surface area contributed by atoms with Gasteiger partial charge in [0, 0.05) is 0 Å². The Morgan fingerprint density at radius 3 is 2.13 bits per heavy atom. The van der Waals surface area contributed by atoms with Gasteiger partial charge >= 0.3 is 18.5 Å². The molecule has 0 aliphatic carbocycles. The van der Waals surface area contributed by atoms with Crippen molar-refractivity contribution in [2.45, 2.75) is 39.3 Å². The molecule has 85 valence electrons. The monoisotopic (exact) mass is 216 g/mol. The molecule has 6 nitrogen and oxygen atoms in total. The van der Waals surface area contributed by atoms with Crippen LogP contribution in [0.25, 0.3) is 0 Å². The van der Waals surface area contributed by atoms with Crippen LogP contribution in [0.1, 0.15) is 27.7 Å². The van der Waals surface area contributed by atoms with Crippen molar-refractivity contribution in [3.8, 4) is 0 Å². The lowest BCUT2D eigenvalue weighted by Gasteiger charge is -2.24. The highest BCUT2D eigenvalue weighted by Crippen LogP contribution is 2.10. The summed E-state index contributed by atoms with van der Waals surface area (Å²) in [4.78, 5) is 32.4. The fourth-order valence-electron chi connectivity index (χ4n) is 0.776. The first kappa shape index (κ1) is 13.4. The third-order valence-electron chi connectivity index (χ3n) is 1.44. The number of nitrogens with zero attached hydrogens (tertiary/aromatic N) is 1. The topological polar surface area (TPSA) is 83.9 Å². The Morgan fingerprint density at radius 1 is 1.40 bits per heavy atom. The molecule has 15 heavy (non-hydrogen) atoms. The van der Waals surface area contributed by atoms with Gasteiger partial charge < -0.3 is 9.84 Å². The summed E-state index contributed by atoms with van der Waals surface area (Å²) < 4.78 is 4.91. The number of ether oxygens (including phenoxy) is 1. The van der Waals surface area contributed by atoms with E-state index in [1.54, 1.807) is 20.8 Å². The molecule has 1 unspecified atom stereocenters. The lowest BCUT2D eigenvalue weighted by atomic mass is 10.2. The van der Waals surface area contributed by atoms with E-state index in [4.69, 9.17) is 9.84 Å². The van der Waals surface area contributed by atoms with Crippen molar-refractivity contribution in [2.24, 2.45) is 0 Å². The van der Waals surface area contributed by atoms with Crippen molar-refractivity contribution in [2.75, 3.05) is 0 Å². The van der Waals surface area contributed by atoms with Crippen LogP contribution >= 0.6 is 0 Å². The number of carbonyl (C=O) groups is 2. The number of imide groups is 1. The van der Waals surface area contributed by atoms with E-state index in [-0.39, 0.29) is 4.90 Å². The number of hydrogen-bond donors (Lipinski definition) is 1. The van der Waals surface area contributed by atoms with Crippen molar-refractivity contribution in [3.05, 3.63) is 0 Å². The first-order valence-corrected chi connectivity index (χ1v) is 4.32. The Labute approximate surface area is 87.8 Å². The van der Waals surface area contributed by atoms with Crippen LogP contribution in [0.15, 0.2) is 0 Å². The average molecular weight is 216 g/mol. The molecule has 0 spiro atoms. The van der Waals surface area contributed by atoms with E-state index >= 15 is 0 Å². The zero-order chi connectivity index (χ0) is 12.2. The SMILES string of the molecule is CC(C(=O)OC(C)(C)C)N([C]=O)C(=O)O. The van der Waals surface area contributed by atoms with Crippen molar-refractivity contribution < 1.29 is 24.2 Å². The van der Waals surface area contributed by atoms with Gasteiger partial charge in [-0.25, -0.2) is 14.5 Å². The molecule has 0 aromatic heterocycles. The molecule has 2 amide bonds. The summed E-state index contributed by atoms with van der Waals surface area (Å²) in [5.41, 5.74) is -0.724. The van der Waals surface area contributed by atoms with E-state index in [1.165, 1.54) is 6.92 Å². The van der Waals surface area contributed by atoms with E-state index in [0.29, 0.717) is 0 Å². The van der Waals surface area contributed by atoms with Crippen molar-refractivity contribution in [1.82, 2.24) is 4.90 Å². The summed E-state index contributed by atoms with van der Waals surface area (Å²) in [7, 11) is 0. The van der Waals surface area contributed by atoms with Gasteiger partial charge in [-0.1, -0.05) is 0 Å². The van der Waals surface area contributed by atoms with Crippen LogP contribution in [0, 0.1) is 0 Å². The van der Waals surface area contributed by atoms with E-state index in [0.717, 1.165) is 6.41 Å². The van der Waals surface area contributed by atoms with Crippen LogP contribution in [0.4, 0.5) is 4.79 Å². The van der Waals surface area contributed by atoms with Gasteiger partial charge in [0.15, 0.2) is 0 Å². The van der Waals surface area contributed by atoms with Gasteiger partial charge in [-0.3, -0.25) is 4.79 Å². The Bertz CT molecular complexity index is 268. The number of carboxylic acid groups (broad SMARTS) is 1. The normalized spacial score (nSPS) is 12.8. The molecule has 6 heteroatoms. The lowest BCUT2D eigenvalue weighted by Crippen LogP contribution is -2.44. The molecule has 0 aromatic carbocycles. The molecular formula is C9H14NO5. The number of rotatable bonds is 3. The van der Waals surface area contributed by atoms with Crippen molar-refractivity contribution in [1.29, 1.82) is 0 Å². The molecule has 1 atom stereocenters. The molecule has 1 radical (unpaired) electrons. The summed E-state index contributed by atoms with van der Waals surface area (Å²) in [6, 6.07) is -1.20. The summed E-state index contributed by atoms with van der Waals surface area (Å²) in [5, 5.41) is 8.55. The van der Waals surface area contributed by atoms with Gasteiger partial charge in [0.2, 0.25) is 0 Å². The maximum absolute atomic E-state index is 11.4. The number of amides is 2. The van der Waals surface area contributed by atoms with Gasteiger partial charge in [-0.05, 0) is 27.7 Å². The molecular weight excluding hydrogens is 202 g/mol. The van der Waals surface area contributed by atoms with Crippen LogP contribution in [-0.2, 0) is 14.3 Å². The fraction of sp³-hybridized carbons (Fsp3) is 0.667. The second-order valence-corrected chi connectivity index (χ2v) is 3.95. The maximum atomic E-state index is 11.4. The van der Waals surface area contributed by atoms with E-state index in [1.807, 2.05) is 0 Å². The van der Waals surface area contributed by atoms with Gasteiger partial charge in [-0.2, -0.15) is 0 Å². The van der Waals surface area contributed by atoms with Gasteiger partial charge in [-0.15, -0.1) is 0 Å². The third kappa shape index (κ3) is 4.44. The van der Waals surface area contributed by atoms with Gasteiger partial charge in [0.1, 0.15) is 11.6 Å². The Kier molecular flexibility index (Phi) is 4.26. The standard InChI is InChI=1S/C9H14NO5/c1-6(10(5-11)8(13)14)7(12)15-9(2,3)4/h6H,1-4H3,(H,13,14). The molecule has 0 aliphatic heterocycles. The molecule has 0 heterocycles. The van der Waals surface area contributed by atoms with Gasteiger partial charge in [0.25, 0.3) is 0 Å². The van der Waals surface area contributed by atoms with Crippen molar-refractivity contribution in [3.63, 3.8) is 0 Å². The Morgan fingerprint density at radius 2 is 1.87 bits per heavy atom. The van der Waals surface area contributed by atoms with Crippen LogP contribution in [0.3, 0.4) is 0 Å². The Balaban J connectivity index is 4.56. The summed E-state index contributed by atoms with van der Waals surface area (Å²) >= 11 is 0. The van der Waals surface area contributed by atoms with Crippen LogP contribution in [0.5, 0.6) is 0 Å². The number of carbonyl (C=O) groups excluding carboxylic acids is 2. The molecule has 0 aromatic rings. The molecule has 1 N–H and O–H groups in total. The zero-order valence-corrected chi connectivity index (χ0v) is 9.10. The Hall–Kier alpha value is -1.59. The highest BCUT2D eigenvalue weighted by atomic mass is 16.6. The second-order valence-electron chi connectivity index (χ2n) is 3.95. The van der Waals surface area contributed by atoms with E-state index in [2.05, 4.69) is 0 Å². The fourth-order valence-corrected chi connectivity index (χ4v) is 0.776. The van der Waals surface area contributed by atoms with E-state index < -0.39 is 23.7 Å². The predicted octanol–water partition coefficient (Wildman–Crippen LogP) is 0.764. The summed E-state index contributed by atoms with van der Waals surface area (Å²) in [6.45, 7) is 6.20.